The highest BCUT2D eigenvalue weighted by atomic mass is 32.1. The van der Waals surface area contributed by atoms with Crippen LogP contribution in [0, 0.1) is 0 Å². The predicted octanol–water partition coefficient (Wildman–Crippen LogP) is 2.37. The van der Waals surface area contributed by atoms with E-state index in [4.69, 9.17) is 4.42 Å². The fourth-order valence-electron chi connectivity index (χ4n) is 2.78. The second-order valence-electron chi connectivity index (χ2n) is 5.49. The lowest BCUT2D eigenvalue weighted by atomic mass is 9.98. The molecule has 0 aromatic carbocycles. The molecular weight excluding hydrogens is 288 g/mol. The van der Waals surface area contributed by atoms with Crippen LogP contribution in [0.4, 0.5) is 0 Å². The largest absolute Gasteiger partial charge is 0.462 e. The normalized spacial score (nSPS) is 17.0. The molecule has 3 rings (SSSR count). The Bertz CT molecular complexity index is 600. The molecule has 0 bridgehead atoms. The van der Waals surface area contributed by atoms with Gasteiger partial charge in [-0.15, -0.1) is 11.3 Å². The molecule has 6 heteroatoms. The van der Waals surface area contributed by atoms with Gasteiger partial charge in [-0.25, -0.2) is 4.98 Å². The number of thiazole rings is 1. The number of rotatable bonds is 5. The van der Waals surface area contributed by atoms with Crippen LogP contribution < -0.4 is 5.32 Å². The average Bonchev–Trinajstić information content (AvgIpc) is 3.19. The summed E-state index contributed by atoms with van der Waals surface area (Å²) in [5.74, 6) is 0.636. The Balaban J connectivity index is 1.62. The monoisotopic (exact) mass is 306 g/mol. The van der Waals surface area contributed by atoms with Crippen LogP contribution in [-0.2, 0) is 11.2 Å². The Morgan fingerprint density at radius 1 is 1.48 bits per heavy atom. The van der Waals surface area contributed by atoms with Gasteiger partial charge in [-0.1, -0.05) is 12.8 Å². The number of nitrogens with one attached hydrogen (secondary N) is 1. The SMILES string of the molecule is O=C(Cc1csc(-c2ccco2)n1)NC1(CO)CCCC1. The summed E-state index contributed by atoms with van der Waals surface area (Å²) in [4.78, 5) is 16.6. The number of amides is 1. The van der Waals surface area contributed by atoms with E-state index in [1.54, 1.807) is 6.26 Å². The quantitative estimate of drug-likeness (QED) is 0.889. The van der Waals surface area contributed by atoms with Crippen LogP contribution in [0.15, 0.2) is 28.2 Å². The first-order valence-electron chi connectivity index (χ1n) is 7.11. The Kier molecular flexibility index (Phi) is 4.07. The maximum Gasteiger partial charge on any atom is 0.226 e. The molecule has 112 valence electrons. The molecule has 0 radical (unpaired) electrons. The van der Waals surface area contributed by atoms with Gasteiger partial charge in [0.2, 0.25) is 5.91 Å². The maximum atomic E-state index is 12.1. The van der Waals surface area contributed by atoms with Crippen molar-refractivity contribution in [2.45, 2.75) is 37.6 Å². The number of carbonyl (C=O) groups is 1. The number of aliphatic hydroxyl groups is 1. The first kappa shape index (κ1) is 14.3. The highest BCUT2D eigenvalue weighted by Gasteiger charge is 2.34. The minimum atomic E-state index is -0.420. The van der Waals surface area contributed by atoms with Gasteiger partial charge in [0.1, 0.15) is 0 Å². The van der Waals surface area contributed by atoms with Crippen molar-refractivity contribution < 1.29 is 14.3 Å². The molecule has 1 amide bonds. The van der Waals surface area contributed by atoms with Crippen molar-refractivity contribution in [3.8, 4) is 10.8 Å². The topological polar surface area (TPSA) is 75.4 Å². The minimum absolute atomic E-state index is 0.00739. The van der Waals surface area contributed by atoms with Crippen LogP contribution in [0.2, 0.25) is 0 Å². The summed E-state index contributed by atoms with van der Waals surface area (Å²) < 4.78 is 5.29. The van der Waals surface area contributed by atoms with Gasteiger partial charge in [-0.2, -0.15) is 0 Å². The number of nitrogens with zero attached hydrogens (tertiary/aromatic N) is 1. The van der Waals surface area contributed by atoms with Gasteiger partial charge < -0.3 is 14.8 Å². The minimum Gasteiger partial charge on any atom is -0.462 e. The van der Waals surface area contributed by atoms with Crippen molar-refractivity contribution in [1.82, 2.24) is 10.3 Å². The zero-order valence-corrected chi connectivity index (χ0v) is 12.5. The molecule has 1 aliphatic rings. The molecule has 2 aromatic rings. The van der Waals surface area contributed by atoms with Gasteiger partial charge in [-0.05, 0) is 25.0 Å². The van der Waals surface area contributed by atoms with E-state index < -0.39 is 5.54 Å². The van der Waals surface area contributed by atoms with Gasteiger partial charge in [-0.3, -0.25) is 4.79 Å². The van der Waals surface area contributed by atoms with E-state index in [9.17, 15) is 9.90 Å². The van der Waals surface area contributed by atoms with Gasteiger partial charge >= 0.3 is 0 Å². The second kappa shape index (κ2) is 5.99. The fourth-order valence-corrected chi connectivity index (χ4v) is 3.57. The van der Waals surface area contributed by atoms with Crippen LogP contribution in [0.5, 0.6) is 0 Å². The zero-order chi connectivity index (χ0) is 14.7. The number of hydrogen-bond donors (Lipinski definition) is 2. The number of aromatic nitrogens is 1. The molecule has 0 atom stereocenters. The van der Waals surface area contributed by atoms with Crippen molar-refractivity contribution in [2.75, 3.05) is 6.61 Å². The molecular formula is C15H18N2O3S. The summed E-state index contributed by atoms with van der Waals surface area (Å²) in [5.41, 5.74) is 0.312. The van der Waals surface area contributed by atoms with Gasteiger partial charge in [0.15, 0.2) is 10.8 Å². The number of aliphatic hydroxyl groups excluding tert-OH is 1. The smallest absolute Gasteiger partial charge is 0.226 e. The first-order chi connectivity index (χ1) is 10.2. The van der Waals surface area contributed by atoms with E-state index in [1.807, 2.05) is 17.5 Å². The van der Waals surface area contributed by atoms with Crippen LogP contribution in [0.1, 0.15) is 31.4 Å². The lowest BCUT2D eigenvalue weighted by Gasteiger charge is -2.27. The molecule has 21 heavy (non-hydrogen) atoms. The summed E-state index contributed by atoms with van der Waals surface area (Å²) in [6.45, 7) is 0.00739. The van der Waals surface area contributed by atoms with Crippen molar-refractivity contribution in [1.29, 1.82) is 0 Å². The van der Waals surface area contributed by atoms with Gasteiger partial charge in [0, 0.05) is 5.38 Å². The molecule has 0 aliphatic heterocycles. The lowest BCUT2D eigenvalue weighted by molar-refractivity contribution is -0.123. The molecule has 2 heterocycles. The summed E-state index contributed by atoms with van der Waals surface area (Å²) >= 11 is 1.46. The van der Waals surface area contributed by atoms with E-state index in [1.165, 1.54) is 11.3 Å². The predicted molar refractivity (Wildman–Crippen MR) is 79.9 cm³/mol. The average molecular weight is 306 g/mol. The second-order valence-corrected chi connectivity index (χ2v) is 6.35. The Labute approximate surface area is 127 Å². The Morgan fingerprint density at radius 3 is 2.95 bits per heavy atom. The van der Waals surface area contributed by atoms with Crippen LogP contribution >= 0.6 is 11.3 Å². The van der Waals surface area contributed by atoms with Crippen molar-refractivity contribution >= 4 is 17.2 Å². The van der Waals surface area contributed by atoms with Crippen LogP contribution in [0.25, 0.3) is 10.8 Å². The van der Waals surface area contributed by atoms with E-state index in [0.717, 1.165) is 36.4 Å². The van der Waals surface area contributed by atoms with E-state index in [2.05, 4.69) is 10.3 Å². The molecule has 2 N–H and O–H groups in total. The number of carbonyl (C=O) groups excluding carboxylic acids is 1. The third-order valence-corrected chi connectivity index (χ3v) is 4.80. The molecule has 5 nitrogen and oxygen atoms in total. The maximum absolute atomic E-state index is 12.1. The third kappa shape index (κ3) is 3.16. The van der Waals surface area contributed by atoms with Crippen LogP contribution in [0.3, 0.4) is 0 Å². The molecule has 2 aromatic heterocycles. The molecule has 0 saturated heterocycles. The third-order valence-electron chi connectivity index (χ3n) is 3.89. The van der Waals surface area contributed by atoms with Crippen LogP contribution in [-0.4, -0.2) is 28.1 Å². The molecule has 0 spiro atoms. The number of hydrogen-bond acceptors (Lipinski definition) is 5. The fraction of sp³-hybridized carbons (Fsp3) is 0.467. The molecule has 1 aliphatic carbocycles. The summed E-state index contributed by atoms with van der Waals surface area (Å²) in [6, 6.07) is 3.66. The Morgan fingerprint density at radius 2 is 2.29 bits per heavy atom. The van der Waals surface area contributed by atoms with E-state index >= 15 is 0 Å². The zero-order valence-electron chi connectivity index (χ0n) is 11.7. The number of furan rings is 1. The summed E-state index contributed by atoms with van der Waals surface area (Å²) in [5, 5.41) is 15.2. The van der Waals surface area contributed by atoms with Gasteiger partial charge in [0.25, 0.3) is 0 Å². The summed E-state index contributed by atoms with van der Waals surface area (Å²) in [6.07, 6.45) is 5.65. The Hall–Kier alpha value is -1.66. The van der Waals surface area contributed by atoms with Crippen molar-refractivity contribution in [3.63, 3.8) is 0 Å². The first-order valence-corrected chi connectivity index (χ1v) is 7.99. The van der Waals surface area contributed by atoms with Crippen molar-refractivity contribution in [3.05, 3.63) is 29.5 Å². The standard InChI is InChI=1S/C15H18N2O3S/c18-10-15(5-1-2-6-15)17-13(19)8-11-9-21-14(16-11)12-4-3-7-20-12/h3-4,7,9,18H,1-2,5-6,8,10H2,(H,17,19). The summed E-state index contributed by atoms with van der Waals surface area (Å²) in [7, 11) is 0. The molecule has 1 fully saturated rings. The van der Waals surface area contributed by atoms with E-state index in [-0.39, 0.29) is 18.9 Å². The lowest BCUT2D eigenvalue weighted by Crippen LogP contribution is -2.49. The molecule has 1 saturated carbocycles. The van der Waals surface area contributed by atoms with Crippen molar-refractivity contribution in [2.24, 2.45) is 0 Å². The molecule has 0 unspecified atom stereocenters. The van der Waals surface area contributed by atoms with E-state index in [0.29, 0.717) is 5.76 Å². The highest BCUT2D eigenvalue weighted by molar-refractivity contribution is 7.13. The highest BCUT2D eigenvalue weighted by Crippen LogP contribution is 2.29. The van der Waals surface area contributed by atoms with Gasteiger partial charge in [0.05, 0.1) is 30.5 Å².